The summed E-state index contributed by atoms with van der Waals surface area (Å²) < 4.78 is 0. The molecule has 0 aliphatic carbocycles. The molecule has 1 amide bonds. The average Bonchev–Trinajstić information content (AvgIpc) is 2.45. The lowest BCUT2D eigenvalue weighted by Crippen LogP contribution is -2.42. The van der Waals surface area contributed by atoms with E-state index in [0.29, 0.717) is 25.2 Å². The van der Waals surface area contributed by atoms with Crippen molar-refractivity contribution < 1.29 is 9.90 Å². The fraction of sp³-hybridized carbons (Fsp3) is 0.400. The summed E-state index contributed by atoms with van der Waals surface area (Å²) in [4.78, 5) is 13.9. The van der Waals surface area contributed by atoms with Crippen LogP contribution in [0.1, 0.15) is 28.8 Å². The Balaban J connectivity index is 2.07. The number of nitrogens with two attached hydrogens (primary N) is 1. The van der Waals surface area contributed by atoms with E-state index in [4.69, 9.17) is 5.73 Å². The first-order valence-corrected chi connectivity index (χ1v) is 6.47. The summed E-state index contributed by atoms with van der Waals surface area (Å²) in [5, 5.41) is 9.59. The number of β-amino-alcohol motifs (C(OH)–C–C–N with tert-alkyl or cyclic N) is 1. The highest BCUT2D eigenvalue weighted by molar-refractivity contribution is 5.94. The molecule has 1 fully saturated rings. The van der Waals surface area contributed by atoms with Crippen LogP contribution in [0.25, 0.3) is 0 Å². The lowest BCUT2D eigenvalue weighted by Gasteiger charge is -2.30. The minimum absolute atomic E-state index is 0.0305. The van der Waals surface area contributed by atoms with Crippen LogP contribution in [0.2, 0.25) is 0 Å². The van der Waals surface area contributed by atoms with Crippen LogP contribution in [0.15, 0.2) is 24.3 Å². The zero-order chi connectivity index (χ0) is 13.7. The fourth-order valence-corrected chi connectivity index (χ4v) is 2.17. The van der Waals surface area contributed by atoms with Gasteiger partial charge in [0, 0.05) is 24.2 Å². The monoisotopic (exact) mass is 258 g/mol. The minimum atomic E-state index is -0.396. The summed E-state index contributed by atoms with van der Waals surface area (Å²) in [5.41, 5.74) is 6.79. The number of hydrogen-bond acceptors (Lipinski definition) is 3. The molecule has 100 valence electrons. The number of carbonyl (C=O) groups is 1. The molecule has 19 heavy (non-hydrogen) atoms. The largest absolute Gasteiger partial charge is 0.391 e. The Morgan fingerprint density at radius 1 is 1.42 bits per heavy atom. The van der Waals surface area contributed by atoms with Crippen LogP contribution in [0.4, 0.5) is 0 Å². The van der Waals surface area contributed by atoms with Crippen molar-refractivity contribution in [3.05, 3.63) is 35.4 Å². The molecule has 2 rings (SSSR count). The lowest BCUT2D eigenvalue weighted by molar-refractivity contribution is 0.0474. The Morgan fingerprint density at radius 3 is 2.79 bits per heavy atom. The van der Waals surface area contributed by atoms with E-state index in [2.05, 4.69) is 11.8 Å². The van der Waals surface area contributed by atoms with Gasteiger partial charge in [0.25, 0.3) is 5.91 Å². The van der Waals surface area contributed by atoms with Crippen molar-refractivity contribution in [2.24, 2.45) is 5.73 Å². The molecule has 0 spiro atoms. The maximum absolute atomic E-state index is 12.2. The summed E-state index contributed by atoms with van der Waals surface area (Å²) in [6, 6.07) is 7.17. The Morgan fingerprint density at radius 2 is 2.16 bits per heavy atom. The number of hydrogen-bond donors (Lipinski definition) is 2. The zero-order valence-electron chi connectivity index (χ0n) is 10.8. The number of rotatable bonds is 1. The summed E-state index contributed by atoms with van der Waals surface area (Å²) in [6.07, 6.45) is 1.23. The number of piperidine rings is 1. The van der Waals surface area contributed by atoms with Crippen LogP contribution < -0.4 is 5.73 Å². The average molecular weight is 258 g/mol. The molecular formula is C15H18N2O2. The van der Waals surface area contributed by atoms with Gasteiger partial charge in [-0.15, -0.1) is 0 Å². The van der Waals surface area contributed by atoms with Gasteiger partial charge in [0.15, 0.2) is 0 Å². The topological polar surface area (TPSA) is 66.6 Å². The van der Waals surface area contributed by atoms with Crippen LogP contribution >= 0.6 is 0 Å². The maximum atomic E-state index is 12.2. The third kappa shape index (κ3) is 3.57. The van der Waals surface area contributed by atoms with Crippen LogP contribution in [0.3, 0.4) is 0 Å². The highest BCUT2D eigenvalue weighted by Gasteiger charge is 2.22. The molecule has 1 aliphatic heterocycles. The minimum Gasteiger partial charge on any atom is -0.391 e. The smallest absolute Gasteiger partial charge is 0.253 e. The molecule has 1 atom stereocenters. The molecule has 4 nitrogen and oxygen atoms in total. The van der Waals surface area contributed by atoms with Gasteiger partial charge in [0.05, 0.1) is 12.6 Å². The van der Waals surface area contributed by atoms with Gasteiger partial charge in [-0.3, -0.25) is 4.79 Å². The summed E-state index contributed by atoms with van der Waals surface area (Å²) in [7, 11) is 0. The highest BCUT2D eigenvalue weighted by Crippen LogP contribution is 2.14. The normalized spacial score (nSPS) is 18.6. The zero-order valence-corrected chi connectivity index (χ0v) is 10.8. The van der Waals surface area contributed by atoms with E-state index in [9.17, 15) is 9.90 Å². The predicted octanol–water partition coefficient (Wildman–Crippen LogP) is 0.594. The van der Waals surface area contributed by atoms with E-state index in [0.717, 1.165) is 18.4 Å². The maximum Gasteiger partial charge on any atom is 0.253 e. The molecule has 0 bridgehead atoms. The summed E-state index contributed by atoms with van der Waals surface area (Å²) in [5.74, 6) is 5.66. The Bertz CT molecular complexity index is 499. The molecule has 1 aliphatic rings. The van der Waals surface area contributed by atoms with E-state index >= 15 is 0 Å². The molecule has 1 aromatic rings. The number of amides is 1. The van der Waals surface area contributed by atoms with E-state index in [1.807, 2.05) is 12.1 Å². The number of aliphatic hydroxyl groups is 1. The molecule has 1 saturated heterocycles. The van der Waals surface area contributed by atoms with Crippen molar-refractivity contribution in [1.29, 1.82) is 0 Å². The van der Waals surface area contributed by atoms with Crippen LogP contribution in [-0.4, -0.2) is 41.7 Å². The number of nitrogens with zero attached hydrogens (tertiary/aromatic N) is 1. The van der Waals surface area contributed by atoms with Crippen molar-refractivity contribution in [2.45, 2.75) is 18.9 Å². The Hall–Kier alpha value is -1.83. The first-order valence-electron chi connectivity index (χ1n) is 6.47. The van der Waals surface area contributed by atoms with E-state index in [-0.39, 0.29) is 5.91 Å². The summed E-state index contributed by atoms with van der Waals surface area (Å²) >= 11 is 0. The van der Waals surface area contributed by atoms with Crippen LogP contribution in [-0.2, 0) is 0 Å². The molecular weight excluding hydrogens is 240 g/mol. The van der Waals surface area contributed by atoms with E-state index in [1.165, 1.54) is 0 Å². The van der Waals surface area contributed by atoms with Gasteiger partial charge in [0.1, 0.15) is 0 Å². The van der Waals surface area contributed by atoms with Crippen molar-refractivity contribution in [3.8, 4) is 11.8 Å². The second-order valence-corrected chi connectivity index (χ2v) is 4.63. The van der Waals surface area contributed by atoms with Crippen molar-refractivity contribution in [2.75, 3.05) is 19.6 Å². The third-order valence-electron chi connectivity index (χ3n) is 3.15. The second kappa shape index (κ2) is 6.37. The van der Waals surface area contributed by atoms with Crippen molar-refractivity contribution >= 4 is 5.91 Å². The number of likely N-dealkylation sites (tertiary alicyclic amines) is 1. The molecule has 0 radical (unpaired) electrons. The number of benzene rings is 1. The molecule has 1 aromatic carbocycles. The second-order valence-electron chi connectivity index (χ2n) is 4.63. The molecule has 0 aromatic heterocycles. The van der Waals surface area contributed by atoms with E-state index in [1.54, 1.807) is 17.0 Å². The lowest BCUT2D eigenvalue weighted by atomic mass is 10.1. The van der Waals surface area contributed by atoms with Crippen molar-refractivity contribution in [1.82, 2.24) is 4.90 Å². The van der Waals surface area contributed by atoms with Crippen LogP contribution in [0.5, 0.6) is 0 Å². The summed E-state index contributed by atoms with van der Waals surface area (Å²) in [6.45, 7) is 1.46. The van der Waals surface area contributed by atoms with E-state index < -0.39 is 6.10 Å². The predicted molar refractivity (Wildman–Crippen MR) is 73.5 cm³/mol. The number of aliphatic hydroxyl groups excluding tert-OH is 1. The number of carbonyl (C=O) groups excluding carboxylic acids is 1. The third-order valence-corrected chi connectivity index (χ3v) is 3.15. The van der Waals surface area contributed by atoms with Gasteiger partial charge in [-0.1, -0.05) is 11.8 Å². The fourth-order valence-electron chi connectivity index (χ4n) is 2.17. The molecule has 1 unspecified atom stereocenters. The van der Waals surface area contributed by atoms with Gasteiger partial charge >= 0.3 is 0 Å². The Labute approximate surface area is 113 Å². The Kier molecular flexibility index (Phi) is 4.56. The standard InChI is InChI=1S/C15H18N2O2/c16-9-1-3-12-5-7-13(8-6-12)15(19)17-10-2-4-14(18)11-17/h5-8,14,18H,2,4,9-11,16H2. The molecule has 4 heteroatoms. The van der Waals surface area contributed by atoms with Crippen LogP contribution in [0, 0.1) is 11.8 Å². The first-order chi connectivity index (χ1) is 9.20. The molecule has 3 N–H and O–H groups in total. The van der Waals surface area contributed by atoms with Gasteiger partial charge in [-0.2, -0.15) is 0 Å². The van der Waals surface area contributed by atoms with Crippen molar-refractivity contribution in [3.63, 3.8) is 0 Å². The van der Waals surface area contributed by atoms with Gasteiger partial charge in [0.2, 0.25) is 0 Å². The first kappa shape index (κ1) is 13.6. The SMILES string of the molecule is NCC#Cc1ccc(C(=O)N2CCCC(O)C2)cc1. The molecule has 1 heterocycles. The molecule has 0 saturated carbocycles. The van der Waals surface area contributed by atoms with Gasteiger partial charge < -0.3 is 15.7 Å². The quantitative estimate of drug-likeness (QED) is 0.725. The van der Waals surface area contributed by atoms with Gasteiger partial charge in [-0.25, -0.2) is 0 Å². The highest BCUT2D eigenvalue weighted by atomic mass is 16.3. The van der Waals surface area contributed by atoms with Gasteiger partial charge in [-0.05, 0) is 37.1 Å².